The van der Waals surface area contributed by atoms with E-state index in [0.29, 0.717) is 15.9 Å². The number of nitrogens with one attached hydrogen (secondary N) is 1. The molecule has 1 aromatic heterocycles. The summed E-state index contributed by atoms with van der Waals surface area (Å²) in [4.78, 5) is 13.8. The summed E-state index contributed by atoms with van der Waals surface area (Å²) >= 11 is 11.7. The average Bonchev–Trinajstić information content (AvgIpc) is 2.38. The van der Waals surface area contributed by atoms with Crippen molar-refractivity contribution in [3.8, 4) is 0 Å². The Morgan fingerprint density at radius 1 is 1.25 bits per heavy atom. The molecule has 1 heterocycles. The van der Waals surface area contributed by atoms with Gasteiger partial charge in [-0.05, 0) is 29.8 Å². The maximum atomic E-state index is 10.5. The van der Waals surface area contributed by atoms with Crippen LogP contribution in [-0.2, 0) is 0 Å². The van der Waals surface area contributed by atoms with Crippen LogP contribution in [0.4, 0.5) is 11.5 Å². The van der Waals surface area contributed by atoms with Crippen molar-refractivity contribution < 1.29 is 4.92 Å². The minimum Gasteiger partial charge on any atom is -0.261 e. The second kappa shape index (κ2) is 6.31. The van der Waals surface area contributed by atoms with E-state index in [1.165, 1.54) is 18.3 Å². The third kappa shape index (κ3) is 3.91. The van der Waals surface area contributed by atoms with Crippen molar-refractivity contribution >= 4 is 40.9 Å². The number of hydrogen-bond acceptors (Lipinski definition) is 5. The maximum Gasteiger partial charge on any atom is 0.287 e. The van der Waals surface area contributed by atoms with Crippen LogP contribution < -0.4 is 5.43 Å². The summed E-state index contributed by atoms with van der Waals surface area (Å²) in [6, 6.07) is 7.80. The Balaban J connectivity index is 2.04. The van der Waals surface area contributed by atoms with E-state index in [4.69, 9.17) is 23.2 Å². The summed E-state index contributed by atoms with van der Waals surface area (Å²) in [5.74, 6) is 0.389. The van der Waals surface area contributed by atoms with Crippen molar-refractivity contribution in [1.82, 2.24) is 4.98 Å². The molecule has 0 aliphatic rings. The van der Waals surface area contributed by atoms with E-state index in [-0.39, 0.29) is 5.69 Å². The molecule has 0 radical (unpaired) electrons. The van der Waals surface area contributed by atoms with Crippen LogP contribution in [0.1, 0.15) is 5.56 Å². The molecule has 0 atom stereocenters. The molecule has 6 nitrogen and oxygen atoms in total. The zero-order chi connectivity index (χ0) is 14.5. The van der Waals surface area contributed by atoms with Crippen LogP contribution in [-0.4, -0.2) is 16.1 Å². The highest BCUT2D eigenvalue weighted by Crippen LogP contribution is 2.18. The lowest BCUT2D eigenvalue weighted by molar-refractivity contribution is -0.385. The van der Waals surface area contributed by atoms with Gasteiger partial charge in [0.15, 0.2) is 0 Å². The maximum absolute atomic E-state index is 10.5. The SMILES string of the molecule is O=[N+]([O-])c1ccc(N/N=C/c2cc(Cl)cc(Cl)c2)nc1. The largest absolute Gasteiger partial charge is 0.287 e. The molecule has 0 amide bonds. The van der Waals surface area contributed by atoms with Gasteiger partial charge in [-0.3, -0.25) is 15.5 Å². The van der Waals surface area contributed by atoms with Crippen molar-refractivity contribution in [3.63, 3.8) is 0 Å². The van der Waals surface area contributed by atoms with Gasteiger partial charge in [0.2, 0.25) is 0 Å². The lowest BCUT2D eigenvalue weighted by Gasteiger charge is -1.99. The summed E-state index contributed by atoms with van der Waals surface area (Å²) in [6.45, 7) is 0. The van der Waals surface area contributed by atoms with Crippen LogP contribution in [0.5, 0.6) is 0 Å². The smallest absolute Gasteiger partial charge is 0.261 e. The second-order valence-corrected chi connectivity index (χ2v) is 4.60. The van der Waals surface area contributed by atoms with Gasteiger partial charge in [-0.2, -0.15) is 5.10 Å². The molecule has 0 fully saturated rings. The quantitative estimate of drug-likeness (QED) is 0.530. The minimum atomic E-state index is -0.520. The lowest BCUT2D eigenvalue weighted by Crippen LogP contribution is -1.95. The fourth-order valence-electron chi connectivity index (χ4n) is 1.38. The Morgan fingerprint density at radius 3 is 2.50 bits per heavy atom. The number of pyridine rings is 1. The molecule has 1 N–H and O–H groups in total. The summed E-state index contributed by atoms with van der Waals surface area (Å²) in [7, 11) is 0. The Labute approximate surface area is 124 Å². The monoisotopic (exact) mass is 310 g/mol. The fraction of sp³-hybridized carbons (Fsp3) is 0. The number of nitro groups is 1. The molecule has 20 heavy (non-hydrogen) atoms. The molecule has 0 saturated carbocycles. The van der Waals surface area contributed by atoms with Crippen molar-refractivity contribution in [3.05, 3.63) is 62.3 Å². The molecular weight excluding hydrogens is 303 g/mol. The number of hydrazone groups is 1. The molecular formula is C12H8Cl2N4O2. The van der Waals surface area contributed by atoms with Gasteiger partial charge in [0.05, 0.1) is 11.1 Å². The number of benzene rings is 1. The number of aromatic nitrogens is 1. The van der Waals surface area contributed by atoms with E-state index < -0.39 is 4.92 Å². The van der Waals surface area contributed by atoms with Gasteiger partial charge < -0.3 is 0 Å². The van der Waals surface area contributed by atoms with E-state index >= 15 is 0 Å². The molecule has 0 bridgehead atoms. The first kappa shape index (κ1) is 14.2. The van der Waals surface area contributed by atoms with Crippen LogP contribution in [0.15, 0.2) is 41.6 Å². The van der Waals surface area contributed by atoms with Crippen LogP contribution in [0.25, 0.3) is 0 Å². The van der Waals surface area contributed by atoms with E-state index in [0.717, 1.165) is 11.8 Å². The first-order valence-corrected chi connectivity index (χ1v) is 6.16. The van der Waals surface area contributed by atoms with Crippen LogP contribution in [0, 0.1) is 10.1 Å². The van der Waals surface area contributed by atoms with Crippen molar-refractivity contribution in [2.75, 3.05) is 5.43 Å². The normalized spacial score (nSPS) is 10.7. The highest BCUT2D eigenvalue weighted by molar-refractivity contribution is 6.35. The highest BCUT2D eigenvalue weighted by Gasteiger charge is 2.04. The van der Waals surface area contributed by atoms with Gasteiger partial charge in [-0.1, -0.05) is 23.2 Å². The molecule has 2 aromatic rings. The van der Waals surface area contributed by atoms with Crippen LogP contribution in [0.3, 0.4) is 0 Å². The van der Waals surface area contributed by atoms with E-state index in [1.54, 1.807) is 18.2 Å². The molecule has 0 saturated heterocycles. The topological polar surface area (TPSA) is 80.4 Å². The molecule has 2 rings (SSSR count). The van der Waals surface area contributed by atoms with Gasteiger partial charge >= 0.3 is 0 Å². The Bertz CT molecular complexity index is 639. The second-order valence-electron chi connectivity index (χ2n) is 3.73. The predicted octanol–water partition coefficient (Wildman–Crippen LogP) is 3.74. The third-order valence-electron chi connectivity index (χ3n) is 2.24. The zero-order valence-electron chi connectivity index (χ0n) is 9.96. The fourth-order valence-corrected chi connectivity index (χ4v) is 1.93. The van der Waals surface area contributed by atoms with Gasteiger partial charge in [0.25, 0.3) is 5.69 Å². The minimum absolute atomic E-state index is 0.0823. The number of halogens is 2. The van der Waals surface area contributed by atoms with E-state index in [9.17, 15) is 10.1 Å². The molecule has 0 aliphatic carbocycles. The number of rotatable bonds is 4. The van der Waals surface area contributed by atoms with Gasteiger partial charge in [-0.15, -0.1) is 0 Å². The van der Waals surface area contributed by atoms with Crippen LogP contribution in [0.2, 0.25) is 10.0 Å². The van der Waals surface area contributed by atoms with Gasteiger partial charge in [0.1, 0.15) is 12.0 Å². The summed E-state index contributed by atoms with van der Waals surface area (Å²) < 4.78 is 0. The molecule has 0 spiro atoms. The molecule has 0 unspecified atom stereocenters. The number of nitrogens with zero attached hydrogens (tertiary/aromatic N) is 3. The number of hydrogen-bond donors (Lipinski definition) is 1. The first-order chi connectivity index (χ1) is 9.54. The highest BCUT2D eigenvalue weighted by atomic mass is 35.5. The Morgan fingerprint density at radius 2 is 1.95 bits per heavy atom. The van der Waals surface area contributed by atoms with E-state index in [2.05, 4.69) is 15.5 Å². The van der Waals surface area contributed by atoms with Crippen molar-refractivity contribution in [1.29, 1.82) is 0 Å². The Hall–Kier alpha value is -2.18. The molecule has 102 valence electrons. The van der Waals surface area contributed by atoms with Crippen LogP contribution >= 0.6 is 23.2 Å². The van der Waals surface area contributed by atoms with Crippen molar-refractivity contribution in [2.45, 2.75) is 0 Å². The average molecular weight is 311 g/mol. The summed E-state index contributed by atoms with van der Waals surface area (Å²) in [5, 5.41) is 15.4. The Kier molecular flexibility index (Phi) is 4.49. The van der Waals surface area contributed by atoms with E-state index in [1.807, 2.05) is 0 Å². The zero-order valence-corrected chi connectivity index (χ0v) is 11.5. The summed E-state index contributed by atoms with van der Waals surface area (Å²) in [6.07, 6.45) is 2.66. The predicted molar refractivity (Wildman–Crippen MR) is 78.6 cm³/mol. The standard InChI is InChI=1S/C12H8Cl2N4O2/c13-9-3-8(4-10(14)5-9)6-16-17-12-2-1-11(7-15-12)18(19)20/h1-7H,(H,15,17)/b16-6+. The molecule has 1 aromatic carbocycles. The molecule has 0 aliphatic heterocycles. The van der Waals surface area contributed by atoms with Crippen molar-refractivity contribution in [2.24, 2.45) is 5.10 Å². The lowest BCUT2D eigenvalue weighted by atomic mass is 10.2. The molecule has 8 heteroatoms. The summed E-state index contributed by atoms with van der Waals surface area (Å²) in [5.41, 5.74) is 3.28. The number of anilines is 1. The van der Waals surface area contributed by atoms with Gasteiger partial charge in [0, 0.05) is 16.1 Å². The van der Waals surface area contributed by atoms with Gasteiger partial charge in [-0.25, -0.2) is 4.98 Å². The third-order valence-corrected chi connectivity index (χ3v) is 2.67. The first-order valence-electron chi connectivity index (χ1n) is 5.40.